The summed E-state index contributed by atoms with van der Waals surface area (Å²) in [5.41, 5.74) is 6.17. The van der Waals surface area contributed by atoms with Gasteiger partial charge in [0.1, 0.15) is 0 Å². The maximum Gasteiger partial charge on any atom is 0.276 e. The summed E-state index contributed by atoms with van der Waals surface area (Å²) in [6, 6.07) is 7.08. The number of piperazine rings is 1. The Hall–Kier alpha value is -2.38. The largest absolute Gasteiger partial charge is 0.443 e. The van der Waals surface area contributed by atoms with Crippen LogP contribution in [-0.4, -0.2) is 59.3 Å². The molecule has 0 aliphatic carbocycles. The van der Waals surface area contributed by atoms with E-state index in [9.17, 15) is 9.59 Å². The Balaban J connectivity index is 1.73. The predicted molar refractivity (Wildman–Crippen MR) is 88.5 cm³/mol. The van der Waals surface area contributed by atoms with E-state index in [1.807, 2.05) is 11.0 Å². The van der Waals surface area contributed by atoms with E-state index in [0.717, 1.165) is 0 Å². The SMILES string of the molecule is NC(=O)CN1CCN(C(=O)c2ncoc2-c2cccc(Cl)c2)CC1. The number of hydrogen-bond acceptors (Lipinski definition) is 5. The molecule has 7 nitrogen and oxygen atoms in total. The Bertz CT molecular complexity index is 753. The summed E-state index contributed by atoms with van der Waals surface area (Å²) in [7, 11) is 0. The van der Waals surface area contributed by atoms with Crippen LogP contribution in [-0.2, 0) is 4.79 Å². The summed E-state index contributed by atoms with van der Waals surface area (Å²) in [6.07, 6.45) is 1.26. The lowest BCUT2D eigenvalue weighted by atomic mass is 10.1. The molecule has 1 saturated heterocycles. The highest BCUT2D eigenvalue weighted by Crippen LogP contribution is 2.26. The van der Waals surface area contributed by atoms with Gasteiger partial charge in [-0.05, 0) is 12.1 Å². The van der Waals surface area contributed by atoms with Gasteiger partial charge >= 0.3 is 0 Å². The van der Waals surface area contributed by atoms with E-state index in [4.69, 9.17) is 21.8 Å². The number of aromatic nitrogens is 1. The van der Waals surface area contributed by atoms with Gasteiger partial charge < -0.3 is 15.1 Å². The summed E-state index contributed by atoms with van der Waals surface area (Å²) in [5, 5.41) is 0.558. The number of nitrogens with zero attached hydrogens (tertiary/aromatic N) is 3. The van der Waals surface area contributed by atoms with Gasteiger partial charge in [0.05, 0.1) is 6.54 Å². The molecule has 0 saturated carbocycles. The second kappa shape index (κ2) is 7.02. The molecule has 3 rings (SSSR count). The smallest absolute Gasteiger partial charge is 0.276 e. The molecule has 0 bridgehead atoms. The lowest BCUT2D eigenvalue weighted by Gasteiger charge is -2.33. The van der Waals surface area contributed by atoms with Crippen molar-refractivity contribution in [3.8, 4) is 11.3 Å². The summed E-state index contributed by atoms with van der Waals surface area (Å²) < 4.78 is 5.40. The predicted octanol–water partition coefficient (Wildman–Crippen LogP) is 1.24. The molecule has 1 aliphatic heterocycles. The molecule has 126 valence electrons. The van der Waals surface area contributed by atoms with Gasteiger partial charge in [0, 0.05) is 36.8 Å². The highest BCUT2D eigenvalue weighted by molar-refractivity contribution is 6.30. The van der Waals surface area contributed by atoms with Crippen LogP contribution in [0.25, 0.3) is 11.3 Å². The molecule has 2 heterocycles. The van der Waals surface area contributed by atoms with Crippen molar-refractivity contribution in [3.05, 3.63) is 41.4 Å². The number of hydrogen-bond donors (Lipinski definition) is 1. The number of nitrogens with two attached hydrogens (primary N) is 1. The van der Waals surface area contributed by atoms with Crippen LogP contribution < -0.4 is 5.73 Å². The second-order valence-corrected chi connectivity index (χ2v) is 6.01. The van der Waals surface area contributed by atoms with E-state index in [1.165, 1.54) is 6.39 Å². The van der Waals surface area contributed by atoms with Crippen LogP contribution in [0.4, 0.5) is 0 Å². The molecule has 0 atom stereocenters. The Kier molecular flexibility index (Phi) is 4.82. The minimum absolute atomic E-state index is 0.197. The second-order valence-electron chi connectivity index (χ2n) is 5.58. The number of benzene rings is 1. The molecule has 0 unspecified atom stereocenters. The lowest BCUT2D eigenvalue weighted by molar-refractivity contribution is -0.119. The summed E-state index contributed by atoms with van der Waals surface area (Å²) >= 11 is 6.00. The third-order valence-corrected chi connectivity index (χ3v) is 4.13. The average molecular weight is 349 g/mol. The third-order valence-electron chi connectivity index (χ3n) is 3.90. The van der Waals surface area contributed by atoms with Gasteiger partial charge in [0.25, 0.3) is 5.91 Å². The van der Waals surface area contributed by atoms with Crippen LogP contribution in [0.5, 0.6) is 0 Å². The van der Waals surface area contributed by atoms with Crippen molar-refractivity contribution in [1.29, 1.82) is 0 Å². The van der Waals surface area contributed by atoms with Crippen molar-refractivity contribution < 1.29 is 14.0 Å². The fourth-order valence-electron chi connectivity index (χ4n) is 2.71. The lowest BCUT2D eigenvalue weighted by Crippen LogP contribution is -2.50. The summed E-state index contributed by atoms with van der Waals surface area (Å²) in [4.78, 5) is 31.4. The first-order valence-electron chi connectivity index (χ1n) is 7.54. The minimum Gasteiger partial charge on any atom is -0.443 e. The Morgan fingerprint density at radius 2 is 2.00 bits per heavy atom. The topological polar surface area (TPSA) is 92.7 Å². The molecule has 2 N–H and O–H groups in total. The molecule has 2 aromatic rings. The molecule has 1 aromatic carbocycles. The number of primary amides is 1. The van der Waals surface area contributed by atoms with Crippen LogP contribution in [0.15, 0.2) is 35.1 Å². The molecular formula is C16H17ClN4O3. The van der Waals surface area contributed by atoms with Gasteiger partial charge in [-0.1, -0.05) is 23.7 Å². The standard InChI is InChI=1S/C16H17ClN4O3/c17-12-3-1-2-11(8-12)15-14(19-10-24-15)16(23)21-6-4-20(5-7-21)9-13(18)22/h1-3,8,10H,4-7,9H2,(H2,18,22). The van der Waals surface area contributed by atoms with E-state index >= 15 is 0 Å². The molecule has 0 radical (unpaired) electrons. The average Bonchev–Trinajstić information content (AvgIpc) is 3.04. The van der Waals surface area contributed by atoms with Gasteiger partial charge in [-0.25, -0.2) is 4.98 Å². The van der Waals surface area contributed by atoms with Crippen molar-refractivity contribution >= 4 is 23.4 Å². The number of carbonyl (C=O) groups is 2. The van der Waals surface area contributed by atoms with Crippen molar-refractivity contribution in [2.24, 2.45) is 5.73 Å². The maximum absolute atomic E-state index is 12.7. The van der Waals surface area contributed by atoms with Gasteiger partial charge in [0.15, 0.2) is 17.8 Å². The third kappa shape index (κ3) is 3.58. The van der Waals surface area contributed by atoms with Crippen molar-refractivity contribution in [2.75, 3.05) is 32.7 Å². The van der Waals surface area contributed by atoms with E-state index in [-0.39, 0.29) is 24.1 Å². The number of amides is 2. The molecular weight excluding hydrogens is 332 g/mol. The summed E-state index contributed by atoms with van der Waals surface area (Å²) in [6.45, 7) is 2.42. The van der Waals surface area contributed by atoms with E-state index in [2.05, 4.69) is 4.98 Å². The normalized spacial score (nSPS) is 15.5. The molecule has 1 aliphatic rings. The molecule has 2 amide bonds. The number of rotatable bonds is 4. The van der Waals surface area contributed by atoms with Crippen LogP contribution in [0.1, 0.15) is 10.5 Å². The minimum atomic E-state index is -0.366. The zero-order valence-electron chi connectivity index (χ0n) is 12.9. The quantitative estimate of drug-likeness (QED) is 0.897. The fraction of sp³-hybridized carbons (Fsp3) is 0.312. The van der Waals surface area contributed by atoms with Gasteiger partial charge in [-0.3, -0.25) is 14.5 Å². The Labute approximate surface area is 144 Å². The first kappa shape index (κ1) is 16.5. The highest BCUT2D eigenvalue weighted by atomic mass is 35.5. The number of halogens is 1. The fourth-order valence-corrected chi connectivity index (χ4v) is 2.90. The van der Waals surface area contributed by atoms with Gasteiger partial charge in [-0.2, -0.15) is 0 Å². The van der Waals surface area contributed by atoms with Gasteiger partial charge in [-0.15, -0.1) is 0 Å². The molecule has 1 fully saturated rings. The zero-order valence-corrected chi connectivity index (χ0v) is 13.7. The van der Waals surface area contributed by atoms with Crippen LogP contribution in [0.3, 0.4) is 0 Å². The van der Waals surface area contributed by atoms with E-state index in [0.29, 0.717) is 42.5 Å². The van der Waals surface area contributed by atoms with E-state index < -0.39 is 0 Å². The monoisotopic (exact) mass is 348 g/mol. The number of oxazole rings is 1. The molecule has 1 aromatic heterocycles. The maximum atomic E-state index is 12.7. The summed E-state index contributed by atoms with van der Waals surface area (Å²) in [5.74, 6) is -0.158. The highest BCUT2D eigenvalue weighted by Gasteiger charge is 2.27. The van der Waals surface area contributed by atoms with Crippen molar-refractivity contribution in [2.45, 2.75) is 0 Å². The first-order valence-corrected chi connectivity index (χ1v) is 7.92. The van der Waals surface area contributed by atoms with Crippen molar-refractivity contribution in [1.82, 2.24) is 14.8 Å². The number of carbonyl (C=O) groups excluding carboxylic acids is 2. The Morgan fingerprint density at radius 3 is 2.67 bits per heavy atom. The zero-order chi connectivity index (χ0) is 17.1. The Morgan fingerprint density at radius 1 is 1.25 bits per heavy atom. The van der Waals surface area contributed by atoms with Crippen molar-refractivity contribution in [3.63, 3.8) is 0 Å². The van der Waals surface area contributed by atoms with Crippen LogP contribution in [0.2, 0.25) is 5.02 Å². The first-order chi connectivity index (χ1) is 11.5. The molecule has 0 spiro atoms. The molecule has 8 heteroatoms. The van der Waals surface area contributed by atoms with Crippen LogP contribution >= 0.6 is 11.6 Å². The van der Waals surface area contributed by atoms with Crippen LogP contribution in [0, 0.1) is 0 Å². The van der Waals surface area contributed by atoms with E-state index in [1.54, 1.807) is 23.1 Å². The van der Waals surface area contributed by atoms with Gasteiger partial charge in [0.2, 0.25) is 5.91 Å². The molecule has 24 heavy (non-hydrogen) atoms.